The minimum absolute atomic E-state index is 0.0476. The van der Waals surface area contributed by atoms with E-state index >= 15 is 0 Å². The summed E-state index contributed by atoms with van der Waals surface area (Å²) in [6.45, 7) is 6.93. The lowest BCUT2D eigenvalue weighted by atomic mass is 10.3. The van der Waals surface area contributed by atoms with E-state index < -0.39 is 5.97 Å². The average Bonchev–Trinajstić information content (AvgIpc) is 2.13. The number of aliphatic carboxylic acids is 1. The molecule has 0 rings (SSSR count). The van der Waals surface area contributed by atoms with Crippen LogP contribution in [0.25, 0.3) is 0 Å². The SMILES string of the molecule is CC.CC(=O)NCCC[N+](C)(C)CC(=O)O. The minimum atomic E-state index is -0.797. The first-order valence-electron chi connectivity index (χ1n) is 5.62. The van der Waals surface area contributed by atoms with Gasteiger partial charge in [0, 0.05) is 19.9 Å². The van der Waals surface area contributed by atoms with Gasteiger partial charge in [-0.3, -0.25) is 4.79 Å². The third-order valence-corrected chi connectivity index (χ3v) is 1.88. The number of carboxylic acids is 1. The summed E-state index contributed by atoms with van der Waals surface area (Å²) in [7, 11) is 3.73. The van der Waals surface area contributed by atoms with Crippen molar-refractivity contribution in [1.29, 1.82) is 0 Å². The Kier molecular flexibility index (Phi) is 9.89. The van der Waals surface area contributed by atoms with Gasteiger partial charge in [0.15, 0.2) is 6.54 Å². The number of nitrogens with zero attached hydrogens (tertiary/aromatic N) is 1. The van der Waals surface area contributed by atoms with E-state index in [1.807, 2.05) is 27.9 Å². The lowest BCUT2D eigenvalue weighted by Crippen LogP contribution is -2.45. The van der Waals surface area contributed by atoms with E-state index in [-0.39, 0.29) is 12.5 Å². The van der Waals surface area contributed by atoms with Gasteiger partial charge in [0.1, 0.15) is 0 Å². The van der Waals surface area contributed by atoms with Gasteiger partial charge in [-0.25, -0.2) is 4.79 Å². The molecule has 2 N–H and O–H groups in total. The van der Waals surface area contributed by atoms with Crippen LogP contribution in [0, 0.1) is 0 Å². The number of carbonyl (C=O) groups is 2. The van der Waals surface area contributed by atoms with Gasteiger partial charge in [0.25, 0.3) is 0 Å². The van der Waals surface area contributed by atoms with E-state index in [0.717, 1.165) is 13.0 Å². The Balaban J connectivity index is 0. The third kappa shape index (κ3) is 12.9. The van der Waals surface area contributed by atoms with Crippen LogP contribution in [-0.2, 0) is 9.59 Å². The standard InChI is InChI=1S/C9H18N2O3.C2H6/c1-8(12)10-5-4-6-11(2,3)7-9(13)14;1-2/h4-7H2,1-3H3,(H-,10,12,13,14);1-2H3/p+1. The Morgan fingerprint density at radius 1 is 1.25 bits per heavy atom. The summed E-state index contributed by atoms with van der Waals surface area (Å²) >= 11 is 0. The zero-order valence-corrected chi connectivity index (χ0v) is 11.0. The molecule has 5 nitrogen and oxygen atoms in total. The maximum atomic E-state index is 10.5. The second-order valence-electron chi connectivity index (χ2n) is 4.05. The second kappa shape index (κ2) is 9.15. The predicted molar refractivity (Wildman–Crippen MR) is 64.1 cm³/mol. The molecule has 5 heteroatoms. The smallest absolute Gasteiger partial charge is 0.359 e. The van der Waals surface area contributed by atoms with E-state index in [1.54, 1.807) is 0 Å². The maximum Gasteiger partial charge on any atom is 0.359 e. The van der Waals surface area contributed by atoms with Crippen LogP contribution in [0.3, 0.4) is 0 Å². The number of likely N-dealkylation sites (N-methyl/N-ethyl adjacent to an activating group) is 1. The van der Waals surface area contributed by atoms with Crippen LogP contribution in [0.1, 0.15) is 27.2 Å². The highest BCUT2D eigenvalue weighted by Gasteiger charge is 2.18. The number of amides is 1. The van der Waals surface area contributed by atoms with Crippen molar-refractivity contribution in [3.8, 4) is 0 Å². The van der Waals surface area contributed by atoms with Gasteiger partial charge in [0.2, 0.25) is 5.91 Å². The van der Waals surface area contributed by atoms with Gasteiger partial charge >= 0.3 is 5.97 Å². The molecule has 16 heavy (non-hydrogen) atoms. The van der Waals surface area contributed by atoms with E-state index in [4.69, 9.17) is 5.11 Å². The van der Waals surface area contributed by atoms with E-state index in [1.165, 1.54) is 6.92 Å². The molecule has 0 aromatic rings. The summed E-state index contributed by atoms with van der Waals surface area (Å²) in [5, 5.41) is 11.3. The normalized spacial score (nSPS) is 10.1. The molecule has 1 amide bonds. The van der Waals surface area contributed by atoms with E-state index in [9.17, 15) is 9.59 Å². The van der Waals surface area contributed by atoms with Gasteiger partial charge in [-0.2, -0.15) is 0 Å². The number of carbonyl (C=O) groups excluding carboxylic acids is 1. The molecule has 0 aromatic carbocycles. The highest BCUT2D eigenvalue weighted by Crippen LogP contribution is 1.98. The fourth-order valence-corrected chi connectivity index (χ4v) is 1.22. The Morgan fingerprint density at radius 2 is 1.75 bits per heavy atom. The highest BCUT2D eigenvalue weighted by molar-refractivity contribution is 5.72. The number of carboxylic acid groups (broad SMARTS) is 1. The number of hydrogen-bond donors (Lipinski definition) is 2. The second-order valence-corrected chi connectivity index (χ2v) is 4.05. The van der Waals surface area contributed by atoms with Crippen molar-refractivity contribution in [3.05, 3.63) is 0 Å². The molecule has 0 saturated carbocycles. The first-order chi connectivity index (χ1) is 7.33. The summed E-state index contributed by atoms with van der Waals surface area (Å²) in [4.78, 5) is 21.0. The zero-order chi connectivity index (χ0) is 13.2. The van der Waals surface area contributed by atoms with E-state index in [2.05, 4.69) is 5.32 Å². The lowest BCUT2D eigenvalue weighted by molar-refractivity contribution is -0.883. The van der Waals surface area contributed by atoms with Crippen molar-refractivity contribution in [2.24, 2.45) is 0 Å². The molecular weight excluding hydrogens is 208 g/mol. The van der Waals surface area contributed by atoms with Crippen LogP contribution in [0.15, 0.2) is 0 Å². The number of hydrogen-bond acceptors (Lipinski definition) is 2. The fourth-order valence-electron chi connectivity index (χ4n) is 1.22. The van der Waals surface area contributed by atoms with Crippen LogP contribution >= 0.6 is 0 Å². The topological polar surface area (TPSA) is 66.4 Å². The molecule has 0 aliphatic heterocycles. The molecule has 0 fully saturated rings. The monoisotopic (exact) mass is 233 g/mol. The van der Waals surface area contributed by atoms with E-state index in [0.29, 0.717) is 11.0 Å². The van der Waals surface area contributed by atoms with Crippen LogP contribution < -0.4 is 5.32 Å². The largest absolute Gasteiger partial charge is 0.477 e. The van der Waals surface area contributed by atoms with Crippen molar-refractivity contribution in [2.75, 3.05) is 33.7 Å². The van der Waals surface area contributed by atoms with Crippen molar-refractivity contribution in [2.45, 2.75) is 27.2 Å². The maximum absolute atomic E-state index is 10.5. The molecule has 0 aliphatic carbocycles. The Bertz CT molecular complexity index is 215. The summed E-state index contributed by atoms with van der Waals surface area (Å²) in [5.74, 6) is -0.844. The number of nitrogens with one attached hydrogen (secondary N) is 1. The molecule has 0 saturated heterocycles. The molecule has 0 bridgehead atoms. The number of rotatable bonds is 6. The molecule has 0 spiro atoms. The molecule has 0 aliphatic rings. The number of quaternary nitrogens is 1. The molecule has 0 aromatic heterocycles. The van der Waals surface area contributed by atoms with Gasteiger partial charge in [-0.05, 0) is 0 Å². The first-order valence-corrected chi connectivity index (χ1v) is 5.62. The van der Waals surface area contributed by atoms with Gasteiger partial charge < -0.3 is 14.9 Å². The van der Waals surface area contributed by atoms with Gasteiger partial charge in [-0.15, -0.1) is 0 Å². The van der Waals surface area contributed by atoms with Crippen LogP contribution in [0.5, 0.6) is 0 Å². The van der Waals surface area contributed by atoms with Crippen molar-refractivity contribution in [3.63, 3.8) is 0 Å². The van der Waals surface area contributed by atoms with Crippen LogP contribution in [-0.4, -0.2) is 55.2 Å². The van der Waals surface area contributed by atoms with Crippen molar-refractivity contribution in [1.82, 2.24) is 5.32 Å². The lowest BCUT2D eigenvalue weighted by Gasteiger charge is -2.27. The summed E-state index contributed by atoms with van der Waals surface area (Å²) in [6.07, 6.45) is 0.792. The molecule has 0 atom stereocenters. The molecule has 0 radical (unpaired) electrons. The summed E-state index contributed by atoms with van der Waals surface area (Å²) in [5.41, 5.74) is 0. The fraction of sp³-hybridized carbons (Fsp3) is 0.818. The van der Waals surface area contributed by atoms with Gasteiger partial charge in [-0.1, -0.05) is 13.8 Å². The molecular formula is C11H25N2O3+. The summed E-state index contributed by atoms with van der Waals surface area (Å²) in [6, 6.07) is 0. The molecule has 0 unspecified atom stereocenters. The Morgan fingerprint density at radius 3 is 2.12 bits per heavy atom. The van der Waals surface area contributed by atoms with Crippen LogP contribution in [0.4, 0.5) is 0 Å². The van der Waals surface area contributed by atoms with Crippen molar-refractivity contribution >= 4 is 11.9 Å². The quantitative estimate of drug-likeness (QED) is 0.524. The highest BCUT2D eigenvalue weighted by atomic mass is 16.4. The van der Waals surface area contributed by atoms with Crippen molar-refractivity contribution < 1.29 is 19.2 Å². The summed E-state index contributed by atoms with van der Waals surface area (Å²) < 4.78 is 0.439. The first kappa shape index (κ1) is 17.3. The van der Waals surface area contributed by atoms with Crippen LogP contribution in [0.2, 0.25) is 0 Å². The Hall–Kier alpha value is -1.10. The Labute approximate surface area is 98.0 Å². The average molecular weight is 233 g/mol. The van der Waals surface area contributed by atoms with Gasteiger partial charge in [0.05, 0.1) is 20.6 Å². The third-order valence-electron chi connectivity index (χ3n) is 1.88. The predicted octanol–water partition coefficient (Wildman–Crippen LogP) is 0.700. The molecule has 0 heterocycles. The minimum Gasteiger partial charge on any atom is -0.477 e. The molecule has 96 valence electrons. The zero-order valence-electron chi connectivity index (χ0n) is 11.0.